The average molecular weight is 408 g/mol. The summed E-state index contributed by atoms with van der Waals surface area (Å²) in [5.74, 6) is -0.205. The number of hydrogen-bond acceptors (Lipinski definition) is 6. The number of nitrogens with one attached hydrogen (secondary N) is 1. The lowest BCUT2D eigenvalue weighted by Gasteiger charge is -2.36. The van der Waals surface area contributed by atoms with Crippen LogP contribution in [0.1, 0.15) is 17.3 Å². The molecule has 2 aromatic rings. The Balaban J connectivity index is 1.51. The lowest BCUT2D eigenvalue weighted by molar-refractivity contribution is -0.130. The molecule has 144 valence electrons. The second-order valence-corrected chi connectivity index (χ2v) is 9.17. The summed E-state index contributed by atoms with van der Waals surface area (Å²) >= 11 is 1.11. The van der Waals surface area contributed by atoms with Crippen molar-refractivity contribution in [3.63, 3.8) is 0 Å². The summed E-state index contributed by atoms with van der Waals surface area (Å²) in [4.78, 5) is 27.5. The van der Waals surface area contributed by atoms with Crippen LogP contribution >= 0.6 is 11.3 Å². The van der Waals surface area contributed by atoms with Crippen molar-refractivity contribution in [2.75, 3.05) is 37.6 Å². The maximum atomic E-state index is 12.3. The van der Waals surface area contributed by atoms with Crippen molar-refractivity contribution in [2.24, 2.45) is 0 Å². The third-order valence-electron chi connectivity index (χ3n) is 4.44. The van der Waals surface area contributed by atoms with Crippen LogP contribution in [0.3, 0.4) is 0 Å². The highest BCUT2D eigenvalue weighted by Gasteiger charge is 2.23. The molecule has 0 saturated carbocycles. The van der Waals surface area contributed by atoms with Crippen molar-refractivity contribution in [2.45, 2.75) is 11.1 Å². The molecule has 1 amide bonds. The quantitative estimate of drug-likeness (QED) is 0.735. The van der Waals surface area contributed by atoms with Gasteiger partial charge in [0.25, 0.3) is 10.0 Å². The third kappa shape index (κ3) is 4.74. The first-order valence-electron chi connectivity index (χ1n) is 8.54. The summed E-state index contributed by atoms with van der Waals surface area (Å²) in [5.41, 5.74) is 1.68. The fourth-order valence-electron chi connectivity index (χ4n) is 2.88. The van der Waals surface area contributed by atoms with E-state index >= 15 is 0 Å². The normalized spacial score (nSPS) is 15.0. The van der Waals surface area contributed by atoms with Crippen molar-refractivity contribution >= 4 is 38.7 Å². The number of amides is 1. The maximum Gasteiger partial charge on any atom is 0.250 e. The molecule has 1 fully saturated rings. The summed E-state index contributed by atoms with van der Waals surface area (Å²) in [5, 5.41) is 1.68. The number of hydrogen-bond donors (Lipinski definition) is 1. The molecule has 0 bridgehead atoms. The van der Waals surface area contributed by atoms with Crippen LogP contribution in [0, 0.1) is 0 Å². The molecule has 0 radical (unpaired) electrons. The number of ketones is 1. The maximum absolute atomic E-state index is 12.3. The van der Waals surface area contributed by atoms with E-state index in [9.17, 15) is 18.0 Å². The summed E-state index contributed by atoms with van der Waals surface area (Å²) in [6.07, 6.45) is 0. The number of benzene rings is 1. The number of piperazine rings is 1. The smallest absolute Gasteiger partial charge is 0.250 e. The molecule has 0 aliphatic carbocycles. The first kappa shape index (κ1) is 19.5. The lowest BCUT2D eigenvalue weighted by Crippen LogP contribution is -2.51. The van der Waals surface area contributed by atoms with Gasteiger partial charge in [-0.3, -0.25) is 9.59 Å². The number of anilines is 1. The molecular formula is C18H21N3O4S2. The zero-order chi connectivity index (χ0) is 19.4. The minimum atomic E-state index is -3.63. The molecule has 1 aromatic carbocycles. The van der Waals surface area contributed by atoms with Crippen molar-refractivity contribution in [3.05, 3.63) is 47.3 Å². The number of carbonyl (C=O) groups excluding carboxylic acids is 2. The van der Waals surface area contributed by atoms with Gasteiger partial charge in [0.2, 0.25) is 5.91 Å². The summed E-state index contributed by atoms with van der Waals surface area (Å²) in [6.45, 7) is 3.65. The van der Waals surface area contributed by atoms with Crippen LogP contribution in [0.5, 0.6) is 0 Å². The van der Waals surface area contributed by atoms with Crippen LogP contribution in [0.15, 0.2) is 46.0 Å². The Kier molecular flexibility index (Phi) is 5.93. The van der Waals surface area contributed by atoms with E-state index in [1.54, 1.807) is 28.5 Å². The Labute approximate surface area is 162 Å². The van der Waals surface area contributed by atoms with Crippen LogP contribution in [-0.2, 0) is 14.8 Å². The van der Waals surface area contributed by atoms with Crippen molar-refractivity contribution < 1.29 is 18.0 Å². The van der Waals surface area contributed by atoms with Gasteiger partial charge in [-0.25, -0.2) is 13.1 Å². The largest absolute Gasteiger partial charge is 0.368 e. The first-order chi connectivity index (χ1) is 12.9. The van der Waals surface area contributed by atoms with E-state index < -0.39 is 10.0 Å². The Hall–Kier alpha value is -2.23. The Bertz CT molecular complexity index is 901. The molecule has 9 heteroatoms. The Morgan fingerprint density at radius 1 is 1.07 bits per heavy atom. The van der Waals surface area contributed by atoms with Crippen molar-refractivity contribution in [1.82, 2.24) is 9.62 Å². The topological polar surface area (TPSA) is 86.8 Å². The van der Waals surface area contributed by atoms with E-state index in [1.165, 1.54) is 13.0 Å². The predicted octanol–water partition coefficient (Wildman–Crippen LogP) is 1.58. The van der Waals surface area contributed by atoms with Crippen LogP contribution in [-0.4, -0.2) is 57.7 Å². The molecule has 1 saturated heterocycles. The number of Topliss-reactive ketones (excluding diaryl/α,β-unsaturated/α-hetero) is 1. The van der Waals surface area contributed by atoms with Gasteiger partial charge in [-0.2, -0.15) is 0 Å². The van der Waals surface area contributed by atoms with Gasteiger partial charge in [-0.05, 0) is 42.6 Å². The number of nitrogens with zero attached hydrogens (tertiary/aromatic N) is 2. The number of carbonyl (C=O) groups is 2. The Morgan fingerprint density at radius 2 is 1.74 bits per heavy atom. The van der Waals surface area contributed by atoms with E-state index in [1.807, 2.05) is 12.1 Å². The van der Waals surface area contributed by atoms with Gasteiger partial charge in [0.05, 0.1) is 6.54 Å². The monoisotopic (exact) mass is 407 g/mol. The molecule has 2 heterocycles. The molecule has 0 atom stereocenters. The molecule has 1 aliphatic rings. The van der Waals surface area contributed by atoms with E-state index in [4.69, 9.17) is 0 Å². The molecule has 27 heavy (non-hydrogen) atoms. The zero-order valence-electron chi connectivity index (χ0n) is 14.9. The van der Waals surface area contributed by atoms with Crippen LogP contribution in [0.4, 0.5) is 5.69 Å². The standard InChI is InChI=1S/C18H21N3O4S2/c1-14(22)15-4-6-16(7-5-15)20-8-10-21(11-9-20)17(23)13-19-27(24,25)18-3-2-12-26-18/h2-7,12,19H,8-11,13H2,1H3. The molecule has 1 N–H and O–H groups in total. The number of thiophene rings is 1. The van der Waals surface area contributed by atoms with Gasteiger partial charge in [0.1, 0.15) is 4.21 Å². The van der Waals surface area contributed by atoms with Crippen molar-refractivity contribution in [1.29, 1.82) is 0 Å². The molecule has 3 rings (SSSR count). The fourth-order valence-corrected chi connectivity index (χ4v) is 4.89. The van der Waals surface area contributed by atoms with Gasteiger partial charge < -0.3 is 9.80 Å². The van der Waals surface area contributed by atoms with E-state index in [0.29, 0.717) is 31.7 Å². The zero-order valence-corrected chi connectivity index (χ0v) is 16.6. The van der Waals surface area contributed by atoms with Gasteiger partial charge in [-0.1, -0.05) is 6.07 Å². The van der Waals surface area contributed by atoms with Crippen LogP contribution in [0.2, 0.25) is 0 Å². The lowest BCUT2D eigenvalue weighted by atomic mass is 10.1. The van der Waals surface area contributed by atoms with Crippen LogP contribution < -0.4 is 9.62 Å². The van der Waals surface area contributed by atoms with Gasteiger partial charge in [0, 0.05) is 37.4 Å². The highest BCUT2D eigenvalue weighted by molar-refractivity contribution is 7.91. The Morgan fingerprint density at radius 3 is 2.30 bits per heavy atom. The molecule has 0 spiro atoms. The minimum Gasteiger partial charge on any atom is -0.368 e. The molecule has 7 nitrogen and oxygen atoms in total. The second kappa shape index (κ2) is 8.20. The molecule has 1 aromatic heterocycles. The molecular weight excluding hydrogens is 386 g/mol. The first-order valence-corrected chi connectivity index (χ1v) is 10.9. The third-order valence-corrected chi connectivity index (χ3v) is 7.24. The number of rotatable bonds is 6. The van der Waals surface area contributed by atoms with E-state index in [0.717, 1.165) is 17.0 Å². The summed E-state index contributed by atoms with van der Waals surface area (Å²) in [6, 6.07) is 10.6. The van der Waals surface area contributed by atoms with Gasteiger partial charge in [0.15, 0.2) is 5.78 Å². The summed E-state index contributed by atoms with van der Waals surface area (Å²) in [7, 11) is -3.63. The predicted molar refractivity (Wildman–Crippen MR) is 105 cm³/mol. The highest BCUT2D eigenvalue weighted by Crippen LogP contribution is 2.18. The van der Waals surface area contributed by atoms with Gasteiger partial charge in [-0.15, -0.1) is 11.3 Å². The highest BCUT2D eigenvalue weighted by atomic mass is 32.2. The van der Waals surface area contributed by atoms with Gasteiger partial charge >= 0.3 is 0 Å². The summed E-state index contributed by atoms with van der Waals surface area (Å²) < 4.78 is 26.7. The molecule has 0 unspecified atom stereocenters. The fraction of sp³-hybridized carbons (Fsp3) is 0.333. The van der Waals surface area contributed by atoms with Crippen LogP contribution in [0.25, 0.3) is 0 Å². The second-order valence-electron chi connectivity index (χ2n) is 6.23. The van der Waals surface area contributed by atoms with E-state index in [-0.39, 0.29) is 22.4 Å². The number of sulfonamides is 1. The molecule has 1 aliphatic heterocycles. The van der Waals surface area contributed by atoms with Crippen molar-refractivity contribution in [3.8, 4) is 0 Å². The minimum absolute atomic E-state index is 0.0296. The average Bonchev–Trinajstić information content (AvgIpc) is 3.22. The van der Waals surface area contributed by atoms with E-state index in [2.05, 4.69) is 9.62 Å². The SMILES string of the molecule is CC(=O)c1ccc(N2CCN(C(=O)CNS(=O)(=O)c3cccs3)CC2)cc1.